The number of methoxy groups -OCH3 is 1. The van der Waals surface area contributed by atoms with Crippen LogP contribution in [0.1, 0.15) is 16.1 Å². The number of anilines is 1. The van der Waals surface area contributed by atoms with Crippen LogP contribution in [0.15, 0.2) is 82.2 Å². The van der Waals surface area contributed by atoms with Gasteiger partial charge in [0.05, 0.1) is 23.9 Å². The molecule has 10 heteroatoms. The topological polar surface area (TPSA) is 110 Å². The van der Waals surface area contributed by atoms with Crippen LogP contribution in [0.5, 0.6) is 17.4 Å². The molecular formula is C24H17FN6O3. The number of hydrogen-bond donors (Lipinski definition) is 1. The van der Waals surface area contributed by atoms with Gasteiger partial charge in [0, 0.05) is 17.3 Å². The highest BCUT2D eigenvalue weighted by molar-refractivity contribution is 6.07. The van der Waals surface area contributed by atoms with Crippen molar-refractivity contribution >= 4 is 28.3 Å². The molecule has 5 rings (SSSR count). The molecule has 34 heavy (non-hydrogen) atoms. The van der Waals surface area contributed by atoms with E-state index in [0.29, 0.717) is 29.0 Å². The first-order chi connectivity index (χ1) is 16.6. The summed E-state index contributed by atoms with van der Waals surface area (Å²) in [7, 11) is 1.39. The van der Waals surface area contributed by atoms with Gasteiger partial charge in [0.1, 0.15) is 12.4 Å². The van der Waals surface area contributed by atoms with Gasteiger partial charge in [-0.2, -0.15) is 5.11 Å². The summed E-state index contributed by atoms with van der Waals surface area (Å²) in [6.45, 7) is 0.380. The number of benzene rings is 3. The molecule has 0 spiro atoms. The number of hydrogen-bond acceptors (Lipinski definition) is 8. The third kappa shape index (κ3) is 4.29. The summed E-state index contributed by atoms with van der Waals surface area (Å²) in [5.41, 5.74) is 3.03. The number of ether oxygens (including phenoxy) is 2. The van der Waals surface area contributed by atoms with E-state index in [1.807, 2.05) is 6.07 Å². The van der Waals surface area contributed by atoms with Crippen LogP contribution in [0, 0.1) is 5.82 Å². The third-order valence-electron chi connectivity index (χ3n) is 4.99. The second-order valence-corrected chi connectivity index (χ2v) is 7.23. The Morgan fingerprint density at radius 1 is 0.971 bits per heavy atom. The Bertz CT molecular complexity index is 1470. The van der Waals surface area contributed by atoms with E-state index in [1.165, 1.54) is 25.3 Å². The number of amides is 1. The lowest BCUT2D eigenvalue weighted by molar-refractivity contribution is 0.101. The summed E-state index contributed by atoms with van der Waals surface area (Å²) in [6.07, 6.45) is 0. The first kappa shape index (κ1) is 21.1. The van der Waals surface area contributed by atoms with E-state index in [2.05, 4.69) is 30.7 Å². The maximum Gasteiger partial charge on any atom is 0.279 e. The summed E-state index contributed by atoms with van der Waals surface area (Å²) >= 11 is 0. The Labute approximate surface area is 193 Å². The summed E-state index contributed by atoms with van der Waals surface area (Å²) < 4.78 is 24.7. The van der Waals surface area contributed by atoms with Crippen LogP contribution in [0.2, 0.25) is 0 Å². The number of aromatic nitrogens is 2. The van der Waals surface area contributed by atoms with Gasteiger partial charge in [0.25, 0.3) is 11.8 Å². The number of nitrogens with one attached hydrogen (secondary N) is 1. The van der Waals surface area contributed by atoms with Crippen LogP contribution in [-0.2, 0) is 0 Å². The van der Waals surface area contributed by atoms with Crippen LogP contribution in [0.3, 0.4) is 0 Å². The summed E-state index contributed by atoms with van der Waals surface area (Å²) in [5.74, 6) is -0.721. The van der Waals surface area contributed by atoms with E-state index in [4.69, 9.17) is 9.47 Å². The minimum Gasteiger partial charge on any atom is -0.493 e. The summed E-state index contributed by atoms with van der Waals surface area (Å²) in [4.78, 5) is 22.2. The molecule has 9 nitrogen and oxygen atoms in total. The highest BCUT2D eigenvalue weighted by atomic mass is 19.1. The first-order valence-electron chi connectivity index (χ1n) is 10.2. The van der Waals surface area contributed by atoms with Gasteiger partial charge in [0.15, 0.2) is 17.2 Å². The van der Waals surface area contributed by atoms with Crippen LogP contribution in [-0.4, -0.2) is 35.2 Å². The van der Waals surface area contributed by atoms with Gasteiger partial charge < -0.3 is 14.8 Å². The van der Waals surface area contributed by atoms with Gasteiger partial charge >= 0.3 is 0 Å². The maximum absolute atomic E-state index is 13.6. The monoisotopic (exact) mass is 456 g/mol. The third-order valence-corrected chi connectivity index (χ3v) is 4.99. The van der Waals surface area contributed by atoms with Gasteiger partial charge in [0.2, 0.25) is 0 Å². The number of halogens is 1. The van der Waals surface area contributed by atoms with Gasteiger partial charge in [-0.15, -0.1) is 5.10 Å². The van der Waals surface area contributed by atoms with E-state index in [-0.39, 0.29) is 23.1 Å². The minimum absolute atomic E-state index is 0.0429. The maximum atomic E-state index is 13.6. The molecule has 0 aliphatic carbocycles. The number of rotatable bonds is 6. The normalized spacial score (nSPS) is 12.5. The highest BCUT2D eigenvalue weighted by Crippen LogP contribution is 2.33. The Hall–Kier alpha value is -4.73. The van der Waals surface area contributed by atoms with Crippen molar-refractivity contribution in [3.63, 3.8) is 0 Å². The Morgan fingerprint density at radius 2 is 1.79 bits per heavy atom. The quantitative estimate of drug-likeness (QED) is 0.439. The van der Waals surface area contributed by atoms with Crippen molar-refractivity contribution in [2.45, 2.75) is 0 Å². The van der Waals surface area contributed by atoms with Crippen molar-refractivity contribution < 1.29 is 18.7 Å². The highest BCUT2D eigenvalue weighted by Gasteiger charge is 2.21. The van der Waals surface area contributed by atoms with Crippen molar-refractivity contribution in [1.29, 1.82) is 0 Å². The molecule has 0 bridgehead atoms. The molecule has 2 heterocycles. The number of nitrogens with zero attached hydrogens (tertiary/aromatic N) is 5. The second-order valence-electron chi connectivity index (χ2n) is 7.23. The number of para-hydroxylation sites is 2. The lowest BCUT2D eigenvalue weighted by Gasteiger charge is -2.13. The van der Waals surface area contributed by atoms with Crippen molar-refractivity contribution in [1.82, 2.24) is 9.97 Å². The zero-order valence-electron chi connectivity index (χ0n) is 17.9. The zero-order valence-corrected chi connectivity index (χ0v) is 17.9. The Balaban J connectivity index is 1.51. The van der Waals surface area contributed by atoms with E-state index in [9.17, 15) is 9.18 Å². The number of fused-ring (bicyclic) bond motifs is 1. The predicted molar refractivity (Wildman–Crippen MR) is 123 cm³/mol. The van der Waals surface area contributed by atoms with E-state index < -0.39 is 11.7 Å². The predicted octanol–water partition coefficient (Wildman–Crippen LogP) is 4.99. The van der Waals surface area contributed by atoms with E-state index >= 15 is 0 Å². The smallest absolute Gasteiger partial charge is 0.279 e. The lowest BCUT2D eigenvalue weighted by atomic mass is 10.1. The molecule has 1 N–H and O–H groups in total. The second kappa shape index (κ2) is 9.02. The fourth-order valence-electron chi connectivity index (χ4n) is 3.36. The Kier molecular flexibility index (Phi) is 5.61. The molecule has 4 aromatic rings. The SMILES string of the molecule is COc1cc(F)ccc1Oc1nc2ccccc2nc1C(=O)Nc1cccc(C2=NN=NC2)c1. The zero-order chi connectivity index (χ0) is 23.5. The van der Waals surface area contributed by atoms with Crippen molar-refractivity contribution in [2.24, 2.45) is 15.4 Å². The number of carbonyl (C=O) groups is 1. The molecule has 0 saturated heterocycles. The molecule has 1 aromatic heterocycles. The van der Waals surface area contributed by atoms with Crippen molar-refractivity contribution in [3.05, 3.63) is 83.8 Å². The molecule has 1 aliphatic rings. The molecule has 1 aliphatic heterocycles. The Morgan fingerprint density at radius 3 is 2.56 bits per heavy atom. The average Bonchev–Trinajstić information content (AvgIpc) is 3.40. The van der Waals surface area contributed by atoms with Crippen LogP contribution < -0.4 is 14.8 Å². The van der Waals surface area contributed by atoms with Gasteiger partial charge in [-0.3, -0.25) is 4.79 Å². The van der Waals surface area contributed by atoms with Gasteiger partial charge in [-0.1, -0.05) is 24.3 Å². The standard InChI is InChI=1S/C24H17FN6O3/c1-33-21-12-15(25)9-10-20(21)34-24-22(28-17-7-2-3-8-18(17)29-24)23(32)27-16-6-4-5-14(11-16)19-13-26-31-30-19/h2-12H,13H2,1H3,(H,27,32). The van der Waals surface area contributed by atoms with Crippen LogP contribution >= 0.6 is 0 Å². The fourth-order valence-corrected chi connectivity index (χ4v) is 3.36. The van der Waals surface area contributed by atoms with Crippen LogP contribution in [0.4, 0.5) is 10.1 Å². The fraction of sp³-hybridized carbons (Fsp3) is 0.0833. The average molecular weight is 456 g/mol. The van der Waals surface area contributed by atoms with Gasteiger partial charge in [-0.25, -0.2) is 14.4 Å². The summed E-state index contributed by atoms with van der Waals surface area (Å²) in [5, 5.41) is 14.3. The molecular weight excluding hydrogens is 439 g/mol. The number of carbonyl (C=O) groups excluding carboxylic acids is 1. The molecule has 1 amide bonds. The molecule has 0 unspecified atom stereocenters. The van der Waals surface area contributed by atoms with E-state index in [0.717, 1.165) is 5.56 Å². The van der Waals surface area contributed by atoms with Crippen LogP contribution in [0.25, 0.3) is 11.0 Å². The lowest BCUT2D eigenvalue weighted by Crippen LogP contribution is -2.16. The molecule has 0 radical (unpaired) electrons. The summed E-state index contributed by atoms with van der Waals surface area (Å²) in [6, 6.07) is 18.0. The molecule has 3 aromatic carbocycles. The molecule has 0 atom stereocenters. The van der Waals surface area contributed by atoms with Crippen molar-refractivity contribution in [3.8, 4) is 17.4 Å². The molecule has 0 saturated carbocycles. The van der Waals surface area contributed by atoms with Crippen molar-refractivity contribution in [2.75, 3.05) is 19.0 Å². The van der Waals surface area contributed by atoms with E-state index in [1.54, 1.807) is 42.5 Å². The molecule has 0 fully saturated rings. The van der Waals surface area contributed by atoms with Gasteiger partial charge in [-0.05, 0) is 41.6 Å². The largest absolute Gasteiger partial charge is 0.493 e. The first-order valence-corrected chi connectivity index (χ1v) is 10.2. The minimum atomic E-state index is -0.533. The molecule has 168 valence electrons.